The maximum atomic E-state index is 12.1. The van der Waals surface area contributed by atoms with E-state index in [1.54, 1.807) is 5.38 Å². The van der Waals surface area contributed by atoms with Crippen LogP contribution in [0.1, 0.15) is 54.6 Å². The van der Waals surface area contributed by atoms with Gasteiger partial charge in [0.1, 0.15) is 10.7 Å². The van der Waals surface area contributed by atoms with Crippen molar-refractivity contribution in [1.82, 2.24) is 15.2 Å². The quantitative estimate of drug-likeness (QED) is 0.868. The highest BCUT2D eigenvalue weighted by molar-refractivity contribution is 7.09. The molecule has 0 aromatic carbocycles. The Balaban J connectivity index is 1.83. The summed E-state index contributed by atoms with van der Waals surface area (Å²) in [6.45, 7) is 7.38. The highest BCUT2D eigenvalue weighted by Crippen LogP contribution is 2.17. The van der Waals surface area contributed by atoms with Crippen molar-refractivity contribution in [3.8, 4) is 0 Å². The molecule has 1 fully saturated rings. The molecule has 0 bridgehead atoms. The van der Waals surface area contributed by atoms with E-state index in [9.17, 15) is 4.79 Å². The first-order chi connectivity index (χ1) is 9.60. The van der Waals surface area contributed by atoms with Gasteiger partial charge in [0.2, 0.25) is 0 Å². The van der Waals surface area contributed by atoms with Gasteiger partial charge in [-0.3, -0.25) is 4.79 Å². The van der Waals surface area contributed by atoms with Crippen LogP contribution in [0.25, 0.3) is 0 Å². The molecule has 6 heteroatoms. The second kappa shape index (κ2) is 7.15. The molecule has 5 nitrogen and oxygen atoms in total. The highest BCUT2D eigenvalue weighted by Gasteiger charge is 2.21. The molecular formula is C14H24N4OS. The Labute approximate surface area is 124 Å². The van der Waals surface area contributed by atoms with Crippen LogP contribution in [0.3, 0.4) is 0 Å². The Bertz CT molecular complexity index is 438. The van der Waals surface area contributed by atoms with Gasteiger partial charge in [-0.05, 0) is 32.7 Å². The van der Waals surface area contributed by atoms with Crippen molar-refractivity contribution in [2.45, 2.75) is 45.2 Å². The molecule has 2 heterocycles. The van der Waals surface area contributed by atoms with Crippen molar-refractivity contribution in [1.29, 1.82) is 0 Å². The maximum absolute atomic E-state index is 12.1. The number of aromatic nitrogens is 1. The summed E-state index contributed by atoms with van der Waals surface area (Å²) in [6.07, 6.45) is 3.24. The molecule has 0 aliphatic carbocycles. The van der Waals surface area contributed by atoms with Gasteiger partial charge in [0.05, 0.1) is 6.04 Å². The third kappa shape index (κ3) is 4.01. The molecule has 2 rings (SSSR count). The summed E-state index contributed by atoms with van der Waals surface area (Å²) in [6, 6.07) is 0.162. The van der Waals surface area contributed by atoms with E-state index in [1.165, 1.54) is 17.8 Å². The van der Waals surface area contributed by atoms with Crippen LogP contribution in [-0.4, -0.2) is 41.5 Å². The monoisotopic (exact) mass is 296 g/mol. The van der Waals surface area contributed by atoms with Crippen LogP contribution in [0.15, 0.2) is 5.38 Å². The number of hydrogen-bond donors (Lipinski definition) is 2. The van der Waals surface area contributed by atoms with E-state index < -0.39 is 0 Å². The third-order valence-electron chi connectivity index (χ3n) is 3.61. The van der Waals surface area contributed by atoms with Gasteiger partial charge in [-0.25, -0.2) is 4.98 Å². The number of hydrogen-bond acceptors (Lipinski definition) is 5. The standard InChI is InChI=1S/C14H24N4OS/c1-3-6-18-7-4-11(5-8-18)16-13(19)12-9-20-14(17-12)10(2)15/h9-11H,3-8,15H2,1-2H3,(H,16,19). The van der Waals surface area contributed by atoms with Gasteiger partial charge >= 0.3 is 0 Å². The van der Waals surface area contributed by atoms with Crippen molar-refractivity contribution in [2.75, 3.05) is 19.6 Å². The van der Waals surface area contributed by atoms with Crippen LogP contribution in [0.2, 0.25) is 0 Å². The molecule has 0 radical (unpaired) electrons. The maximum Gasteiger partial charge on any atom is 0.270 e. The number of thiazole rings is 1. The van der Waals surface area contributed by atoms with E-state index >= 15 is 0 Å². The van der Waals surface area contributed by atoms with Crippen LogP contribution < -0.4 is 11.1 Å². The summed E-state index contributed by atoms with van der Waals surface area (Å²) in [7, 11) is 0. The summed E-state index contributed by atoms with van der Waals surface area (Å²) in [5.41, 5.74) is 6.26. The minimum Gasteiger partial charge on any atom is -0.348 e. The van der Waals surface area contributed by atoms with E-state index in [-0.39, 0.29) is 18.0 Å². The average molecular weight is 296 g/mol. The fourth-order valence-electron chi connectivity index (χ4n) is 2.48. The smallest absolute Gasteiger partial charge is 0.270 e. The normalized spacial score (nSPS) is 18.9. The molecule has 1 unspecified atom stereocenters. The molecule has 3 N–H and O–H groups in total. The molecule has 1 aromatic rings. The van der Waals surface area contributed by atoms with Gasteiger partial charge in [0.25, 0.3) is 5.91 Å². The third-order valence-corrected chi connectivity index (χ3v) is 4.65. The number of piperidine rings is 1. The number of nitrogens with two attached hydrogens (primary N) is 1. The second-order valence-electron chi connectivity index (χ2n) is 5.45. The fraction of sp³-hybridized carbons (Fsp3) is 0.714. The van der Waals surface area contributed by atoms with Crippen molar-refractivity contribution in [2.24, 2.45) is 5.73 Å². The molecule has 0 spiro atoms. The minimum absolute atomic E-state index is 0.0675. The Kier molecular flexibility index (Phi) is 5.51. The van der Waals surface area contributed by atoms with Crippen LogP contribution in [-0.2, 0) is 0 Å². The van der Waals surface area contributed by atoms with E-state index in [2.05, 4.69) is 22.1 Å². The Hall–Kier alpha value is -0.980. The first-order valence-electron chi connectivity index (χ1n) is 7.34. The average Bonchev–Trinajstić information content (AvgIpc) is 2.91. The summed E-state index contributed by atoms with van der Waals surface area (Å²) >= 11 is 1.45. The highest BCUT2D eigenvalue weighted by atomic mass is 32.1. The van der Waals surface area contributed by atoms with Crippen molar-refractivity contribution >= 4 is 17.2 Å². The summed E-state index contributed by atoms with van der Waals surface area (Å²) < 4.78 is 0. The molecular weight excluding hydrogens is 272 g/mol. The zero-order valence-corrected chi connectivity index (χ0v) is 13.1. The van der Waals surface area contributed by atoms with Crippen molar-refractivity contribution in [3.63, 3.8) is 0 Å². The number of likely N-dealkylation sites (tertiary alicyclic amines) is 1. The van der Waals surface area contributed by atoms with Gasteiger partial charge in [-0.2, -0.15) is 0 Å². The second-order valence-corrected chi connectivity index (χ2v) is 6.34. The molecule has 1 atom stereocenters. The number of amides is 1. The van der Waals surface area contributed by atoms with E-state index in [0.29, 0.717) is 5.69 Å². The van der Waals surface area contributed by atoms with Crippen LogP contribution in [0.4, 0.5) is 0 Å². The van der Waals surface area contributed by atoms with Gasteiger partial charge in [0, 0.05) is 24.5 Å². The molecule has 112 valence electrons. The summed E-state index contributed by atoms with van der Waals surface area (Å²) in [5, 5.41) is 5.69. The van der Waals surface area contributed by atoms with Crippen LogP contribution in [0.5, 0.6) is 0 Å². The Morgan fingerprint density at radius 2 is 2.30 bits per heavy atom. The largest absolute Gasteiger partial charge is 0.348 e. The fourth-order valence-corrected chi connectivity index (χ4v) is 3.24. The Morgan fingerprint density at radius 1 is 1.60 bits per heavy atom. The van der Waals surface area contributed by atoms with Gasteiger partial charge in [0.15, 0.2) is 0 Å². The van der Waals surface area contributed by atoms with Crippen molar-refractivity contribution in [3.05, 3.63) is 16.1 Å². The molecule has 1 aliphatic heterocycles. The number of carbonyl (C=O) groups is 1. The van der Waals surface area contributed by atoms with Crippen LogP contribution >= 0.6 is 11.3 Å². The zero-order valence-electron chi connectivity index (χ0n) is 12.3. The zero-order chi connectivity index (χ0) is 14.5. The molecule has 20 heavy (non-hydrogen) atoms. The van der Waals surface area contributed by atoms with E-state index in [4.69, 9.17) is 5.73 Å². The Morgan fingerprint density at radius 3 is 2.85 bits per heavy atom. The lowest BCUT2D eigenvalue weighted by molar-refractivity contribution is 0.0906. The predicted octanol–water partition coefficient (Wildman–Crippen LogP) is 1.77. The number of nitrogens with zero attached hydrogens (tertiary/aromatic N) is 2. The summed E-state index contributed by atoms with van der Waals surface area (Å²) in [5.74, 6) is -0.0675. The molecule has 1 aliphatic rings. The van der Waals surface area contributed by atoms with E-state index in [0.717, 1.165) is 37.5 Å². The summed E-state index contributed by atoms with van der Waals surface area (Å²) in [4.78, 5) is 18.9. The number of carbonyl (C=O) groups excluding carboxylic acids is 1. The lowest BCUT2D eigenvalue weighted by Crippen LogP contribution is -2.44. The molecule has 1 amide bonds. The predicted molar refractivity (Wildman–Crippen MR) is 81.9 cm³/mol. The molecule has 0 saturated carbocycles. The first-order valence-corrected chi connectivity index (χ1v) is 8.22. The lowest BCUT2D eigenvalue weighted by atomic mass is 10.0. The lowest BCUT2D eigenvalue weighted by Gasteiger charge is -2.31. The number of rotatable bonds is 5. The van der Waals surface area contributed by atoms with Crippen LogP contribution in [0, 0.1) is 0 Å². The van der Waals surface area contributed by atoms with Gasteiger partial charge in [-0.1, -0.05) is 6.92 Å². The number of nitrogens with one attached hydrogen (secondary N) is 1. The SMILES string of the molecule is CCCN1CCC(NC(=O)c2csc(C(C)N)n2)CC1. The van der Waals surface area contributed by atoms with Gasteiger partial charge in [-0.15, -0.1) is 11.3 Å². The van der Waals surface area contributed by atoms with E-state index in [1.807, 2.05) is 6.92 Å². The minimum atomic E-state index is -0.112. The topological polar surface area (TPSA) is 71.2 Å². The first kappa shape index (κ1) is 15.4. The van der Waals surface area contributed by atoms with Gasteiger partial charge < -0.3 is 16.0 Å². The molecule has 1 aromatic heterocycles. The molecule has 1 saturated heterocycles. The van der Waals surface area contributed by atoms with Crippen molar-refractivity contribution < 1.29 is 4.79 Å².